The molecule has 9 heteroatoms. The van der Waals surface area contributed by atoms with Crippen molar-refractivity contribution in [2.45, 2.75) is 19.3 Å². The fraction of sp³-hybridized carbons (Fsp3) is 0.0612. The van der Waals surface area contributed by atoms with E-state index in [2.05, 4.69) is 109 Å². The van der Waals surface area contributed by atoms with Crippen molar-refractivity contribution in [1.29, 1.82) is 0 Å². The zero-order valence-corrected chi connectivity index (χ0v) is 32.0. The molecule has 5 aromatic heterocycles. The highest BCUT2D eigenvalue weighted by Crippen LogP contribution is 2.46. The number of rotatable bonds is 2. The summed E-state index contributed by atoms with van der Waals surface area (Å²) in [4.78, 5) is 46.7. The molecule has 274 valence electrons. The van der Waals surface area contributed by atoms with E-state index in [9.17, 15) is 9.59 Å². The minimum Gasteiger partial charge on any atom is -0.354 e. The molecule has 0 amide bonds. The Morgan fingerprint density at radius 1 is 0.603 bits per heavy atom. The maximum atomic E-state index is 14.3. The molecular weight excluding hydrogens is 737 g/mol. The van der Waals surface area contributed by atoms with Gasteiger partial charge in [0.25, 0.3) is 11.5 Å². The number of aryl methyl sites for hydroxylation is 1. The van der Waals surface area contributed by atoms with Crippen LogP contribution in [0.25, 0.3) is 91.9 Å². The zero-order chi connectivity index (χ0) is 38.6. The average molecular weight is 767 g/mol. The Kier molecular flexibility index (Phi) is 6.00. The fourth-order valence-electron chi connectivity index (χ4n) is 9.62. The molecule has 0 radical (unpaired) electrons. The summed E-state index contributed by atoms with van der Waals surface area (Å²) in [5, 5.41) is 4.93. The van der Waals surface area contributed by atoms with Crippen LogP contribution in [0.2, 0.25) is 0 Å². The molecule has 8 nitrogen and oxygen atoms in total. The predicted molar refractivity (Wildman–Crippen MR) is 235 cm³/mol. The average Bonchev–Trinajstić information content (AvgIpc) is 4.00. The van der Waals surface area contributed by atoms with Crippen LogP contribution in [0.4, 0.5) is 0 Å². The molecular formula is C49H30N6O2S. The third kappa shape index (κ3) is 4.02. The van der Waals surface area contributed by atoms with Crippen LogP contribution in [-0.4, -0.2) is 34.8 Å². The Hall–Kier alpha value is -7.36. The highest BCUT2D eigenvalue weighted by Gasteiger charge is 2.44. The van der Waals surface area contributed by atoms with E-state index < -0.39 is 5.41 Å². The normalized spacial score (nSPS) is 15.6. The molecule has 0 saturated carbocycles. The van der Waals surface area contributed by atoms with Gasteiger partial charge in [0.05, 0.1) is 37.6 Å². The van der Waals surface area contributed by atoms with Crippen LogP contribution < -0.4 is 5.56 Å². The number of para-hydroxylation sites is 1. The minimum atomic E-state index is -0.635. The van der Waals surface area contributed by atoms with Crippen LogP contribution in [0.1, 0.15) is 39.8 Å². The van der Waals surface area contributed by atoms with E-state index in [0.29, 0.717) is 15.9 Å². The standard InChI is InChI=1S/C49H30N6O2S/c1-25-14-17-27(18-15-25)49(2)35-12-5-3-9-31(35)45(56)54-43-24-39-33(21-40(43)52-47(49)54)30-19-16-26(20-37(30)51-39)28-10-7-11-32-44(28)58-48-53-41-23-38-34(22-42(41)55(48)46(32)57)29-8-4-6-13-36(29)50-38/h3-24,50-51H,1-2H3. The summed E-state index contributed by atoms with van der Waals surface area (Å²) in [5.74, 6) is 0.644. The summed E-state index contributed by atoms with van der Waals surface area (Å²) in [6.45, 7) is 4.26. The number of carbonyl (C=O) groups is 1. The molecule has 2 N–H and O–H groups in total. The van der Waals surface area contributed by atoms with Gasteiger partial charge in [0, 0.05) is 49.2 Å². The van der Waals surface area contributed by atoms with Crippen LogP contribution in [-0.2, 0) is 5.41 Å². The molecule has 0 fully saturated rings. The molecule has 13 rings (SSSR count). The topological polar surface area (TPSA) is 101 Å². The van der Waals surface area contributed by atoms with Crippen molar-refractivity contribution in [3.05, 3.63) is 172 Å². The number of fused-ring (bicyclic) bond motifs is 14. The van der Waals surface area contributed by atoms with E-state index in [-0.39, 0.29) is 11.5 Å². The summed E-state index contributed by atoms with van der Waals surface area (Å²) in [6.07, 6.45) is 0. The van der Waals surface area contributed by atoms with Gasteiger partial charge in [0.1, 0.15) is 5.82 Å². The van der Waals surface area contributed by atoms with Gasteiger partial charge < -0.3 is 9.97 Å². The highest BCUT2D eigenvalue weighted by atomic mass is 32.1. The number of aromatic nitrogens is 6. The molecule has 1 unspecified atom stereocenters. The van der Waals surface area contributed by atoms with Crippen molar-refractivity contribution in [3.63, 3.8) is 0 Å². The van der Waals surface area contributed by atoms with Gasteiger partial charge in [-0.3, -0.25) is 14.2 Å². The van der Waals surface area contributed by atoms with Crippen molar-refractivity contribution >= 4 is 98.0 Å². The van der Waals surface area contributed by atoms with Crippen LogP contribution in [0.3, 0.4) is 0 Å². The van der Waals surface area contributed by atoms with E-state index in [1.54, 1.807) is 4.40 Å². The van der Waals surface area contributed by atoms with Crippen LogP contribution in [0.15, 0.2) is 138 Å². The lowest BCUT2D eigenvalue weighted by molar-refractivity contribution is 0.0949. The smallest absolute Gasteiger partial charge is 0.266 e. The second-order valence-corrected chi connectivity index (χ2v) is 16.7. The largest absolute Gasteiger partial charge is 0.354 e. The van der Waals surface area contributed by atoms with Crippen LogP contribution in [0, 0.1) is 6.92 Å². The van der Waals surface area contributed by atoms with Crippen molar-refractivity contribution in [1.82, 2.24) is 28.9 Å². The quantitative estimate of drug-likeness (QED) is 0.183. The van der Waals surface area contributed by atoms with E-state index in [0.717, 1.165) is 98.5 Å². The summed E-state index contributed by atoms with van der Waals surface area (Å²) < 4.78 is 4.47. The first-order valence-corrected chi connectivity index (χ1v) is 20.1. The zero-order valence-electron chi connectivity index (χ0n) is 31.2. The number of hydrogen-bond acceptors (Lipinski definition) is 5. The van der Waals surface area contributed by atoms with Crippen molar-refractivity contribution < 1.29 is 4.79 Å². The van der Waals surface area contributed by atoms with E-state index >= 15 is 0 Å². The number of H-pyrrole nitrogens is 2. The van der Waals surface area contributed by atoms with Gasteiger partial charge in [-0.1, -0.05) is 102 Å². The summed E-state index contributed by atoms with van der Waals surface area (Å²) in [5.41, 5.74) is 12.2. The van der Waals surface area contributed by atoms with E-state index in [4.69, 9.17) is 9.97 Å². The molecule has 6 heterocycles. The van der Waals surface area contributed by atoms with Crippen LogP contribution >= 0.6 is 11.3 Å². The molecule has 1 atom stereocenters. The van der Waals surface area contributed by atoms with Crippen molar-refractivity contribution in [2.24, 2.45) is 0 Å². The number of carbonyl (C=O) groups excluding carboxylic acids is 1. The first-order valence-electron chi connectivity index (χ1n) is 19.3. The summed E-state index contributed by atoms with van der Waals surface area (Å²) in [6, 6.07) is 45.3. The van der Waals surface area contributed by atoms with Gasteiger partial charge in [0.15, 0.2) is 4.96 Å². The minimum absolute atomic E-state index is 0.0732. The Balaban J connectivity index is 0.970. The number of benzene rings is 7. The Labute approximate surface area is 332 Å². The molecule has 0 bridgehead atoms. The lowest BCUT2D eigenvalue weighted by atomic mass is 9.71. The van der Waals surface area contributed by atoms with Gasteiger partial charge in [-0.25, -0.2) is 14.4 Å². The number of nitrogens with zero attached hydrogens (tertiary/aromatic N) is 4. The second kappa shape index (κ2) is 10.9. The van der Waals surface area contributed by atoms with E-state index in [1.165, 1.54) is 16.9 Å². The number of aromatic amines is 2. The maximum absolute atomic E-state index is 14.3. The highest BCUT2D eigenvalue weighted by molar-refractivity contribution is 7.23. The molecule has 0 aliphatic carbocycles. The van der Waals surface area contributed by atoms with Crippen LogP contribution in [0.5, 0.6) is 0 Å². The van der Waals surface area contributed by atoms with Crippen molar-refractivity contribution in [2.75, 3.05) is 0 Å². The third-order valence-electron chi connectivity index (χ3n) is 12.6. The summed E-state index contributed by atoms with van der Waals surface area (Å²) >= 11 is 1.53. The van der Waals surface area contributed by atoms with Gasteiger partial charge in [0.2, 0.25) is 0 Å². The number of imidazole rings is 2. The first-order chi connectivity index (χ1) is 28.3. The molecule has 1 aliphatic heterocycles. The number of hydrogen-bond donors (Lipinski definition) is 2. The second-order valence-electron chi connectivity index (χ2n) is 15.8. The molecule has 0 spiro atoms. The lowest BCUT2D eigenvalue weighted by Crippen LogP contribution is -2.38. The van der Waals surface area contributed by atoms with Gasteiger partial charge >= 0.3 is 0 Å². The molecule has 0 saturated heterocycles. The van der Waals surface area contributed by atoms with Gasteiger partial charge in [-0.15, -0.1) is 0 Å². The van der Waals surface area contributed by atoms with E-state index in [1.807, 2.05) is 53.1 Å². The van der Waals surface area contributed by atoms with Gasteiger partial charge in [-0.2, -0.15) is 0 Å². The molecule has 12 aromatic rings. The Morgan fingerprint density at radius 2 is 1.31 bits per heavy atom. The van der Waals surface area contributed by atoms with Gasteiger partial charge in [-0.05, 0) is 84.6 Å². The third-order valence-corrected chi connectivity index (χ3v) is 13.7. The summed E-state index contributed by atoms with van der Waals surface area (Å²) in [7, 11) is 0. The molecule has 58 heavy (non-hydrogen) atoms. The Bertz CT molecular complexity index is 3880. The van der Waals surface area contributed by atoms with Crippen molar-refractivity contribution in [3.8, 4) is 11.1 Å². The first kappa shape index (κ1) is 31.8. The fourth-order valence-corrected chi connectivity index (χ4v) is 10.8. The molecule has 1 aliphatic rings. The molecule has 7 aromatic carbocycles. The lowest BCUT2D eigenvalue weighted by Gasteiger charge is -2.36. The SMILES string of the molecule is Cc1ccc(C2(C)c3ccccc3C(=O)n3c2nc2cc4c(cc23)[nH]c2cc(-c3cccc5c(=O)n6c(nc7cc8[nH]c9ccccc9c8cc76)sc35)ccc24)cc1. The Morgan fingerprint density at radius 3 is 2.21 bits per heavy atom. The monoisotopic (exact) mass is 766 g/mol. The maximum Gasteiger partial charge on any atom is 0.266 e. The number of nitrogens with one attached hydrogen (secondary N) is 2. The predicted octanol–water partition coefficient (Wildman–Crippen LogP) is 11.0.